The van der Waals surface area contributed by atoms with Gasteiger partial charge in [0.25, 0.3) is 5.91 Å². The van der Waals surface area contributed by atoms with Crippen LogP contribution in [0.25, 0.3) is 0 Å². The van der Waals surface area contributed by atoms with Gasteiger partial charge >= 0.3 is 0 Å². The number of thioether (sulfide) groups is 1. The summed E-state index contributed by atoms with van der Waals surface area (Å²) in [5.41, 5.74) is 0.572. The molecule has 2 N–H and O–H groups in total. The van der Waals surface area contributed by atoms with Crippen molar-refractivity contribution in [3.8, 4) is 11.5 Å². The Hall–Kier alpha value is -3.11. The number of nitrogens with zero attached hydrogens (tertiary/aromatic N) is 2. The van der Waals surface area contributed by atoms with Gasteiger partial charge in [-0.05, 0) is 24.3 Å². The van der Waals surface area contributed by atoms with Gasteiger partial charge in [0.05, 0.1) is 12.3 Å². The molecule has 1 aliphatic heterocycles. The summed E-state index contributed by atoms with van der Waals surface area (Å²) >= 11 is 2.59. The van der Waals surface area contributed by atoms with Crippen LogP contribution in [0.3, 0.4) is 0 Å². The molecule has 0 spiro atoms. The summed E-state index contributed by atoms with van der Waals surface area (Å²) in [4.78, 5) is 25.4. The summed E-state index contributed by atoms with van der Waals surface area (Å²) < 4.78 is 10.5. The number of rotatable bonds is 7. The van der Waals surface area contributed by atoms with E-state index in [0.717, 1.165) is 16.2 Å². The first-order valence-electron chi connectivity index (χ1n) is 8.65. The number of hydrogen-bond acceptors (Lipinski definition) is 8. The molecule has 2 amide bonds. The van der Waals surface area contributed by atoms with Crippen molar-refractivity contribution >= 4 is 40.6 Å². The van der Waals surface area contributed by atoms with Gasteiger partial charge in [-0.2, -0.15) is 0 Å². The maximum Gasteiger partial charge on any atom is 0.286 e. The molecule has 1 aliphatic rings. The fraction of sp³-hybridized carbons (Fsp3) is 0.158. The first kappa shape index (κ1) is 19.2. The summed E-state index contributed by atoms with van der Waals surface area (Å²) in [7, 11) is 0. The molecule has 3 aromatic rings. The molecular formula is C19H16N4O4S2. The number of hydrogen-bond donors (Lipinski definition) is 2. The van der Waals surface area contributed by atoms with Crippen LogP contribution in [0.5, 0.6) is 11.5 Å². The standard InChI is InChI=1S/C19H16N4O4S2/c24-16(10-28-13-4-2-1-3-5-13)20-9-17-22-23-19(29-17)18(25)21-12-6-7-14-15(8-12)27-11-26-14/h1-8H,9-11H2,(H,20,24)(H,21,25). The van der Waals surface area contributed by atoms with Crippen LogP contribution in [-0.2, 0) is 11.3 Å². The summed E-state index contributed by atoms with van der Waals surface area (Å²) in [6.07, 6.45) is 0. The van der Waals surface area contributed by atoms with E-state index >= 15 is 0 Å². The highest BCUT2D eigenvalue weighted by atomic mass is 32.2. The zero-order valence-corrected chi connectivity index (χ0v) is 16.7. The van der Waals surface area contributed by atoms with Crippen molar-refractivity contribution in [1.29, 1.82) is 0 Å². The first-order chi connectivity index (χ1) is 14.2. The zero-order chi connectivity index (χ0) is 20.1. The molecule has 29 heavy (non-hydrogen) atoms. The summed E-state index contributed by atoms with van der Waals surface area (Å²) in [5, 5.41) is 14.2. The van der Waals surface area contributed by atoms with E-state index in [1.54, 1.807) is 18.2 Å². The topological polar surface area (TPSA) is 102 Å². The zero-order valence-electron chi connectivity index (χ0n) is 15.1. The first-order valence-corrected chi connectivity index (χ1v) is 10.5. The molecule has 0 saturated carbocycles. The minimum atomic E-state index is -0.376. The number of benzene rings is 2. The molecule has 148 valence electrons. The van der Waals surface area contributed by atoms with E-state index in [0.29, 0.717) is 27.9 Å². The Morgan fingerprint density at radius 1 is 1.07 bits per heavy atom. The van der Waals surface area contributed by atoms with Crippen molar-refractivity contribution in [2.24, 2.45) is 0 Å². The van der Waals surface area contributed by atoms with Crippen LogP contribution >= 0.6 is 23.1 Å². The Labute approximate surface area is 174 Å². The van der Waals surface area contributed by atoms with E-state index in [1.165, 1.54) is 11.8 Å². The number of ether oxygens (including phenoxy) is 2. The van der Waals surface area contributed by atoms with Gasteiger partial charge in [-0.1, -0.05) is 29.5 Å². The molecule has 10 heteroatoms. The third-order valence-electron chi connectivity index (χ3n) is 3.84. The molecule has 0 unspecified atom stereocenters. The SMILES string of the molecule is O=C(CSc1ccccc1)NCc1nnc(C(=O)Nc2ccc3c(c2)OCO3)s1. The highest BCUT2D eigenvalue weighted by molar-refractivity contribution is 8.00. The van der Waals surface area contributed by atoms with Gasteiger partial charge in [-0.25, -0.2) is 0 Å². The second kappa shape index (κ2) is 8.93. The minimum absolute atomic E-state index is 0.111. The number of anilines is 1. The average molecular weight is 428 g/mol. The van der Waals surface area contributed by atoms with Gasteiger partial charge in [-0.15, -0.1) is 22.0 Å². The minimum Gasteiger partial charge on any atom is -0.454 e. The third kappa shape index (κ3) is 5.04. The molecule has 0 aliphatic carbocycles. The highest BCUT2D eigenvalue weighted by Crippen LogP contribution is 2.34. The molecule has 4 rings (SSSR count). The van der Waals surface area contributed by atoms with Crippen molar-refractivity contribution in [3.05, 3.63) is 58.5 Å². The molecular weight excluding hydrogens is 412 g/mol. The van der Waals surface area contributed by atoms with Gasteiger partial charge in [0.2, 0.25) is 17.7 Å². The summed E-state index contributed by atoms with van der Waals surface area (Å²) in [5.74, 6) is 1.04. The van der Waals surface area contributed by atoms with Gasteiger partial charge in [0.15, 0.2) is 11.5 Å². The Bertz CT molecular complexity index is 1030. The smallest absolute Gasteiger partial charge is 0.286 e. The Balaban J connectivity index is 1.26. The molecule has 0 radical (unpaired) electrons. The molecule has 0 bridgehead atoms. The Morgan fingerprint density at radius 3 is 2.76 bits per heavy atom. The van der Waals surface area contributed by atoms with Crippen molar-refractivity contribution in [2.45, 2.75) is 11.4 Å². The molecule has 2 heterocycles. The fourth-order valence-corrected chi connectivity index (χ4v) is 3.89. The van der Waals surface area contributed by atoms with Crippen molar-refractivity contribution in [3.63, 3.8) is 0 Å². The predicted molar refractivity (Wildman–Crippen MR) is 109 cm³/mol. The molecule has 8 nitrogen and oxygen atoms in total. The molecule has 2 aromatic carbocycles. The molecule has 1 aromatic heterocycles. The predicted octanol–water partition coefficient (Wildman–Crippen LogP) is 2.93. The Kier molecular flexibility index (Phi) is 5.92. The van der Waals surface area contributed by atoms with Crippen molar-refractivity contribution < 1.29 is 19.1 Å². The number of carbonyl (C=O) groups is 2. The van der Waals surface area contributed by atoms with Crippen molar-refractivity contribution in [1.82, 2.24) is 15.5 Å². The maximum absolute atomic E-state index is 12.4. The number of carbonyl (C=O) groups excluding carboxylic acids is 2. The lowest BCUT2D eigenvalue weighted by molar-refractivity contribution is -0.118. The number of fused-ring (bicyclic) bond motifs is 1. The molecule has 0 saturated heterocycles. The van der Waals surface area contributed by atoms with Crippen LogP contribution < -0.4 is 20.1 Å². The van der Waals surface area contributed by atoms with E-state index in [-0.39, 0.29) is 30.2 Å². The quantitative estimate of drug-likeness (QED) is 0.558. The lowest BCUT2D eigenvalue weighted by Crippen LogP contribution is -2.24. The van der Waals surface area contributed by atoms with E-state index < -0.39 is 0 Å². The highest BCUT2D eigenvalue weighted by Gasteiger charge is 2.17. The van der Waals surface area contributed by atoms with Crippen molar-refractivity contribution in [2.75, 3.05) is 17.9 Å². The van der Waals surface area contributed by atoms with Crippen LogP contribution in [0.4, 0.5) is 5.69 Å². The molecule has 0 atom stereocenters. The number of aromatic nitrogens is 2. The van der Waals surface area contributed by atoms with Crippen LogP contribution in [0.1, 0.15) is 14.8 Å². The largest absolute Gasteiger partial charge is 0.454 e. The van der Waals surface area contributed by atoms with Crippen LogP contribution in [0.2, 0.25) is 0 Å². The van der Waals surface area contributed by atoms with Crippen LogP contribution in [0, 0.1) is 0 Å². The van der Waals surface area contributed by atoms with E-state index in [2.05, 4.69) is 20.8 Å². The Morgan fingerprint density at radius 2 is 1.90 bits per heavy atom. The normalized spacial score (nSPS) is 11.9. The van der Waals surface area contributed by atoms with Gasteiger partial charge in [0.1, 0.15) is 5.01 Å². The summed E-state index contributed by atoms with van der Waals surface area (Å²) in [6, 6.07) is 14.8. The second-order valence-corrected chi connectivity index (χ2v) is 8.01. The van der Waals surface area contributed by atoms with E-state index in [9.17, 15) is 9.59 Å². The monoisotopic (exact) mass is 428 g/mol. The van der Waals surface area contributed by atoms with Gasteiger partial charge in [0, 0.05) is 16.6 Å². The number of nitrogens with one attached hydrogen (secondary N) is 2. The summed E-state index contributed by atoms with van der Waals surface area (Å²) in [6.45, 7) is 0.394. The third-order valence-corrected chi connectivity index (χ3v) is 5.78. The van der Waals surface area contributed by atoms with Gasteiger partial charge in [-0.3, -0.25) is 9.59 Å². The maximum atomic E-state index is 12.4. The van der Waals surface area contributed by atoms with E-state index in [4.69, 9.17) is 9.47 Å². The molecule has 0 fully saturated rings. The van der Waals surface area contributed by atoms with Gasteiger partial charge < -0.3 is 20.1 Å². The lowest BCUT2D eigenvalue weighted by Gasteiger charge is -2.04. The van der Waals surface area contributed by atoms with E-state index in [1.807, 2.05) is 30.3 Å². The lowest BCUT2D eigenvalue weighted by atomic mass is 10.3. The van der Waals surface area contributed by atoms with Crippen LogP contribution in [-0.4, -0.2) is 34.6 Å². The number of amides is 2. The average Bonchev–Trinajstić information content (AvgIpc) is 3.40. The fourth-order valence-electron chi connectivity index (χ4n) is 2.47. The van der Waals surface area contributed by atoms with Crippen LogP contribution in [0.15, 0.2) is 53.4 Å². The second-order valence-electron chi connectivity index (χ2n) is 5.90.